The van der Waals surface area contributed by atoms with Gasteiger partial charge in [-0.2, -0.15) is 31.7 Å². The fourth-order valence-corrected chi connectivity index (χ4v) is 3.58. The normalized spacial score (nSPS) is 12.8. The van der Waals surface area contributed by atoms with Gasteiger partial charge >= 0.3 is 18.3 Å². The molecule has 182 valence electrons. The third-order valence-corrected chi connectivity index (χ3v) is 5.08. The largest absolute Gasteiger partial charge is 0.417 e. The first-order valence-electron chi connectivity index (χ1n) is 9.67. The minimum Gasteiger partial charge on any atom is -0.336 e. The Morgan fingerprint density at radius 3 is 1.97 bits per heavy atom. The van der Waals surface area contributed by atoms with Crippen LogP contribution in [0.3, 0.4) is 0 Å². The number of aliphatic hydroxyl groups is 4. The number of hydrogen-bond acceptors (Lipinski definition) is 7. The molecular weight excluding hydrogens is 481 g/mol. The molecule has 0 bridgehead atoms. The molecule has 35 heavy (non-hydrogen) atoms. The molecule has 0 aliphatic heterocycles. The summed E-state index contributed by atoms with van der Waals surface area (Å²) in [6, 6.07) is 1.31. The van der Waals surface area contributed by atoms with E-state index in [-0.39, 0.29) is 22.3 Å². The molecule has 0 aliphatic rings. The summed E-state index contributed by atoms with van der Waals surface area (Å²) in [5, 5.41) is 42.1. The van der Waals surface area contributed by atoms with Crippen molar-refractivity contribution >= 4 is 10.8 Å². The molecule has 13 heteroatoms. The van der Waals surface area contributed by atoms with E-state index in [9.17, 15) is 47.2 Å². The van der Waals surface area contributed by atoms with E-state index in [0.29, 0.717) is 23.0 Å². The molecule has 8 nitrogen and oxygen atoms in total. The summed E-state index contributed by atoms with van der Waals surface area (Å²) in [4.78, 5) is 16.6. The highest BCUT2D eigenvalue weighted by Crippen LogP contribution is 2.39. The van der Waals surface area contributed by atoms with E-state index in [4.69, 9.17) is 0 Å². The Kier molecular flexibility index (Phi) is 5.68. The van der Waals surface area contributed by atoms with Crippen LogP contribution >= 0.6 is 0 Å². The summed E-state index contributed by atoms with van der Waals surface area (Å²) < 4.78 is 67.7. The second-order valence-electron chi connectivity index (χ2n) is 7.42. The highest BCUT2D eigenvalue weighted by molar-refractivity contribution is 5.95. The van der Waals surface area contributed by atoms with Crippen LogP contribution in [0.4, 0.5) is 22.0 Å². The molecule has 0 atom stereocenters. The number of rotatable bonds is 4. The van der Waals surface area contributed by atoms with Gasteiger partial charge in [0.2, 0.25) is 0 Å². The lowest BCUT2D eigenvalue weighted by Gasteiger charge is -2.24. The van der Waals surface area contributed by atoms with Gasteiger partial charge in [-0.3, -0.25) is 4.79 Å². The molecule has 2 heterocycles. The van der Waals surface area contributed by atoms with Gasteiger partial charge in [-0.25, -0.2) is 4.98 Å². The summed E-state index contributed by atoms with van der Waals surface area (Å²) in [6.45, 7) is 0. The van der Waals surface area contributed by atoms with Gasteiger partial charge in [0, 0.05) is 17.1 Å². The zero-order chi connectivity index (χ0) is 25.8. The van der Waals surface area contributed by atoms with Crippen LogP contribution in [0.25, 0.3) is 27.8 Å². The van der Waals surface area contributed by atoms with Crippen molar-refractivity contribution in [3.8, 4) is 17.1 Å². The lowest BCUT2D eigenvalue weighted by molar-refractivity contribution is -0.290. The number of halogens is 5. The van der Waals surface area contributed by atoms with Crippen molar-refractivity contribution in [3.05, 3.63) is 87.8 Å². The first-order valence-corrected chi connectivity index (χ1v) is 9.67. The van der Waals surface area contributed by atoms with Crippen LogP contribution in [0.1, 0.15) is 16.7 Å². The Balaban J connectivity index is 2.08. The number of aromatic nitrogens is 3. The van der Waals surface area contributed by atoms with Gasteiger partial charge in [0.15, 0.2) is 5.82 Å². The monoisotopic (exact) mass is 495 g/mol. The van der Waals surface area contributed by atoms with Crippen molar-refractivity contribution < 1.29 is 42.4 Å². The average molecular weight is 495 g/mol. The van der Waals surface area contributed by atoms with E-state index in [1.54, 1.807) is 0 Å². The van der Waals surface area contributed by atoms with Gasteiger partial charge < -0.3 is 20.4 Å². The summed E-state index contributed by atoms with van der Waals surface area (Å²) in [6.07, 6.45) is -4.23. The minimum absolute atomic E-state index is 0.00338. The highest BCUT2D eigenvalue weighted by atomic mass is 19.4. The molecule has 0 fully saturated rings. The number of benzene rings is 2. The van der Waals surface area contributed by atoms with Gasteiger partial charge in [0.05, 0.1) is 22.1 Å². The molecule has 4 rings (SSSR count). The van der Waals surface area contributed by atoms with Gasteiger partial charge in [-0.15, -0.1) is 0 Å². The summed E-state index contributed by atoms with van der Waals surface area (Å²) >= 11 is 0. The molecule has 0 saturated carbocycles. The lowest BCUT2D eigenvalue weighted by Crippen LogP contribution is -2.29. The second kappa shape index (κ2) is 8.16. The predicted octanol–water partition coefficient (Wildman–Crippen LogP) is 2.60. The fourth-order valence-electron chi connectivity index (χ4n) is 3.58. The van der Waals surface area contributed by atoms with E-state index in [0.717, 1.165) is 18.2 Å². The highest BCUT2D eigenvalue weighted by Gasteiger charge is 2.40. The van der Waals surface area contributed by atoms with Gasteiger partial charge in [-0.05, 0) is 18.2 Å². The second-order valence-corrected chi connectivity index (χ2v) is 7.42. The maximum Gasteiger partial charge on any atom is 0.417 e. The van der Waals surface area contributed by atoms with Gasteiger partial charge in [0.25, 0.3) is 5.56 Å². The molecule has 2 aromatic carbocycles. The Labute approximate surface area is 191 Å². The van der Waals surface area contributed by atoms with Crippen molar-refractivity contribution in [1.82, 2.24) is 14.8 Å². The molecule has 0 amide bonds. The van der Waals surface area contributed by atoms with E-state index < -0.39 is 46.1 Å². The zero-order valence-electron chi connectivity index (χ0n) is 17.2. The lowest BCUT2D eigenvalue weighted by atomic mass is 9.94. The average Bonchev–Trinajstić information content (AvgIpc) is 2.77. The third kappa shape index (κ3) is 4.49. The van der Waals surface area contributed by atoms with Crippen molar-refractivity contribution in [1.29, 1.82) is 0 Å². The van der Waals surface area contributed by atoms with Gasteiger partial charge in [-0.1, -0.05) is 36.4 Å². The molecule has 4 N–H and O–H groups in total. The van der Waals surface area contributed by atoms with E-state index in [1.807, 2.05) is 0 Å². The SMILES string of the molecule is O=c1c2ccccc2c(-c2cccc(C(O)(O)F)c2C(O)(O)F)nn1-c1ccc(C(F)(F)F)cn1. The van der Waals surface area contributed by atoms with Crippen molar-refractivity contribution in [3.63, 3.8) is 0 Å². The van der Waals surface area contributed by atoms with Crippen LogP contribution in [0.2, 0.25) is 0 Å². The van der Waals surface area contributed by atoms with Crippen molar-refractivity contribution in [2.45, 2.75) is 18.3 Å². The van der Waals surface area contributed by atoms with Crippen molar-refractivity contribution in [2.75, 3.05) is 0 Å². The van der Waals surface area contributed by atoms with Gasteiger partial charge in [0.1, 0.15) is 5.69 Å². The van der Waals surface area contributed by atoms with Crippen LogP contribution in [-0.2, 0) is 18.3 Å². The molecular formula is C22H14F5N3O5. The molecule has 2 aromatic heterocycles. The standard InChI is InChI=1S/C22H14F5N3O5/c23-20(24,25)11-8-9-16(28-10-11)30-19(31)13-5-2-1-4-12(13)18(29-30)14-6-3-7-15(21(26,32)33)17(14)22(27,34)35/h1-10,32-35H. The van der Waals surface area contributed by atoms with Crippen LogP contribution in [-0.4, -0.2) is 35.2 Å². The fraction of sp³-hybridized carbons (Fsp3) is 0.136. The molecule has 0 saturated heterocycles. The smallest absolute Gasteiger partial charge is 0.336 e. The van der Waals surface area contributed by atoms with Crippen molar-refractivity contribution in [2.24, 2.45) is 0 Å². The first kappa shape index (κ1) is 24.3. The quantitative estimate of drug-likeness (QED) is 0.253. The van der Waals surface area contributed by atoms with Crippen LogP contribution < -0.4 is 5.56 Å². The van der Waals surface area contributed by atoms with Crippen LogP contribution in [0, 0.1) is 0 Å². The molecule has 0 spiro atoms. The Morgan fingerprint density at radius 2 is 1.43 bits per heavy atom. The van der Waals surface area contributed by atoms with E-state index >= 15 is 0 Å². The number of fused-ring (bicyclic) bond motifs is 1. The summed E-state index contributed by atoms with van der Waals surface area (Å²) in [5.74, 6) is -0.364. The maximum atomic E-state index is 14.4. The van der Waals surface area contributed by atoms with E-state index in [1.165, 1.54) is 24.3 Å². The summed E-state index contributed by atoms with van der Waals surface area (Å²) in [5.41, 5.74) is -5.45. The van der Waals surface area contributed by atoms with Crippen LogP contribution in [0.5, 0.6) is 0 Å². The predicted molar refractivity (Wildman–Crippen MR) is 110 cm³/mol. The molecule has 0 unspecified atom stereocenters. The first-order chi connectivity index (χ1) is 16.2. The number of alkyl halides is 5. The molecule has 0 aliphatic carbocycles. The Bertz CT molecular complexity index is 1470. The zero-order valence-corrected chi connectivity index (χ0v) is 17.2. The number of hydrogen-bond donors (Lipinski definition) is 4. The Morgan fingerprint density at radius 1 is 0.771 bits per heavy atom. The number of nitrogens with zero attached hydrogens (tertiary/aromatic N) is 3. The molecule has 0 radical (unpaired) electrons. The summed E-state index contributed by atoms with van der Waals surface area (Å²) in [7, 11) is 0. The minimum atomic E-state index is -4.70. The maximum absolute atomic E-state index is 14.4. The third-order valence-electron chi connectivity index (χ3n) is 5.08. The molecule has 4 aromatic rings. The Hall–Kier alpha value is -3.78. The van der Waals surface area contributed by atoms with Crippen LogP contribution in [0.15, 0.2) is 65.6 Å². The van der Waals surface area contributed by atoms with E-state index in [2.05, 4.69) is 10.1 Å². The topological polar surface area (TPSA) is 129 Å². The number of pyridine rings is 1.